The molecule has 1 aromatic carbocycles. The Balaban J connectivity index is 1.45. The Morgan fingerprint density at radius 1 is 1.14 bits per heavy atom. The Bertz CT molecular complexity index is 804. The summed E-state index contributed by atoms with van der Waals surface area (Å²) >= 11 is 0. The molecule has 1 aliphatic rings. The second-order valence-electron chi connectivity index (χ2n) is 6.72. The van der Waals surface area contributed by atoms with Crippen molar-refractivity contribution in [3.63, 3.8) is 0 Å². The van der Waals surface area contributed by atoms with Gasteiger partial charge in [-0.2, -0.15) is 13.2 Å². The summed E-state index contributed by atoms with van der Waals surface area (Å²) in [6.07, 6.45) is 0.0552. The van der Waals surface area contributed by atoms with Crippen LogP contribution < -0.4 is 10.1 Å². The third-order valence-corrected chi connectivity index (χ3v) is 4.53. The van der Waals surface area contributed by atoms with Crippen LogP contribution in [0.2, 0.25) is 0 Å². The number of nitrogens with one attached hydrogen (secondary N) is 1. The maximum absolute atomic E-state index is 12.8. The lowest BCUT2D eigenvalue weighted by molar-refractivity contribution is -0.137. The number of nitrogens with zero attached hydrogens (tertiary/aromatic N) is 2. The van der Waals surface area contributed by atoms with Gasteiger partial charge in [-0.15, -0.1) is 0 Å². The summed E-state index contributed by atoms with van der Waals surface area (Å²) in [7, 11) is 0. The predicted octanol–water partition coefficient (Wildman–Crippen LogP) is 3.68. The van der Waals surface area contributed by atoms with E-state index in [1.165, 1.54) is 12.1 Å². The van der Waals surface area contributed by atoms with Crippen molar-refractivity contribution in [2.45, 2.75) is 50.4 Å². The van der Waals surface area contributed by atoms with Crippen LogP contribution in [0, 0.1) is 5.82 Å². The molecule has 0 radical (unpaired) electrons. The van der Waals surface area contributed by atoms with E-state index in [4.69, 9.17) is 4.74 Å². The van der Waals surface area contributed by atoms with Crippen molar-refractivity contribution in [2.24, 2.45) is 0 Å². The zero-order valence-corrected chi connectivity index (χ0v) is 14.9. The Kier molecular flexibility index (Phi) is 6.11. The number of benzene rings is 1. The van der Waals surface area contributed by atoms with Gasteiger partial charge in [0.05, 0.1) is 24.4 Å². The van der Waals surface area contributed by atoms with E-state index >= 15 is 0 Å². The fraction of sp³-hybridized carbons (Fsp3) is 0.421. The molecule has 1 amide bonds. The second kappa shape index (κ2) is 8.53. The van der Waals surface area contributed by atoms with Gasteiger partial charge in [-0.1, -0.05) is 18.2 Å². The number of hydrogen-bond donors (Lipinski definition) is 1. The third-order valence-electron chi connectivity index (χ3n) is 4.53. The molecule has 0 unspecified atom stereocenters. The highest BCUT2D eigenvalue weighted by atomic mass is 19.4. The normalized spacial score (nSPS) is 19.9. The summed E-state index contributed by atoms with van der Waals surface area (Å²) < 4.78 is 56.6. The van der Waals surface area contributed by atoms with Gasteiger partial charge in [-0.3, -0.25) is 4.79 Å². The van der Waals surface area contributed by atoms with Crippen molar-refractivity contribution in [1.29, 1.82) is 0 Å². The molecule has 1 fully saturated rings. The van der Waals surface area contributed by atoms with Crippen molar-refractivity contribution >= 4 is 5.91 Å². The number of alkyl halides is 3. The van der Waals surface area contributed by atoms with Crippen molar-refractivity contribution in [3.8, 4) is 6.01 Å². The monoisotopic (exact) mass is 397 g/mol. The first-order chi connectivity index (χ1) is 13.3. The lowest BCUT2D eigenvalue weighted by atomic mass is 9.92. The van der Waals surface area contributed by atoms with E-state index < -0.39 is 17.6 Å². The predicted molar refractivity (Wildman–Crippen MR) is 92.0 cm³/mol. The van der Waals surface area contributed by atoms with E-state index in [2.05, 4.69) is 15.3 Å². The summed E-state index contributed by atoms with van der Waals surface area (Å²) in [5.74, 6) is -0.856. The number of ether oxygens (including phenoxy) is 1. The zero-order valence-electron chi connectivity index (χ0n) is 14.9. The molecule has 9 heteroatoms. The topological polar surface area (TPSA) is 64.1 Å². The van der Waals surface area contributed by atoms with E-state index in [0.29, 0.717) is 31.2 Å². The molecule has 0 aliphatic heterocycles. The van der Waals surface area contributed by atoms with Crippen LogP contribution >= 0.6 is 0 Å². The maximum atomic E-state index is 12.8. The van der Waals surface area contributed by atoms with Gasteiger partial charge in [0.25, 0.3) is 0 Å². The summed E-state index contributed by atoms with van der Waals surface area (Å²) in [5.41, 5.74) is -0.448. The molecule has 1 N–H and O–H groups in total. The van der Waals surface area contributed by atoms with Gasteiger partial charge >= 0.3 is 12.2 Å². The fourth-order valence-electron chi connectivity index (χ4n) is 3.16. The van der Waals surface area contributed by atoms with E-state index in [9.17, 15) is 22.4 Å². The number of rotatable bonds is 5. The standard InChI is InChI=1S/C19H19F4N3O2/c20-14-10-24-18(25-11-14)28-16-6-4-15(5-7-16)26-17(27)9-12-2-1-3-13(8-12)19(21,22)23/h1-3,8,10-11,15-16H,4-7,9H2,(H,26,27). The summed E-state index contributed by atoms with van der Waals surface area (Å²) in [6.45, 7) is 0. The van der Waals surface area contributed by atoms with Crippen LogP contribution in [0.1, 0.15) is 36.8 Å². The minimum atomic E-state index is -4.43. The van der Waals surface area contributed by atoms with Gasteiger partial charge in [0.2, 0.25) is 5.91 Å². The molecule has 0 saturated heterocycles. The molecule has 0 spiro atoms. The van der Waals surface area contributed by atoms with E-state index in [1.54, 1.807) is 0 Å². The first kappa shape index (κ1) is 20.0. The van der Waals surface area contributed by atoms with Crippen LogP contribution in [-0.2, 0) is 17.4 Å². The van der Waals surface area contributed by atoms with Crippen LogP contribution in [0.5, 0.6) is 6.01 Å². The third kappa shape index (κ3) is 5.64. The smallest absolute Gasteiger partial charge is 0.416 e. The Labute approximate surface area is 159 Å². The number of carbonyl (C=O) groups is 1. The molecule has 0 atom stereocenters. The highest BCUT2D eigenvalue weighted by Crippen LogP contribution is 2.29. The molecule has 28 heavy (non-hydrogen) atoms. The van der Waals surface area contributed by atoms with E-state index in [0.717, 1.165) is 24.5 Å². The SMILES string of the molecule is O=C(Cc1cccc(C(F)(F)F)c1)NC1CCC(Oc2ncc(F)cn2)CC1. The Morgan fingerprint density at radius 3 is 2.46 bits per heavy atom. The number of amides is 1. The molecular formula is C19H19F4N3O2. The molecule has 150 valence electrons. The second-order valence-corrected chi connectivity index (χ2v) is 6.72. The van der Waals surface area contributed by atoms with Crippen molar-refractivity contribution < 1.29 is 27.1 Å². The Morgan fingerprint density at radius 2 is 1.82 bits per heavy atom. The molecule has 1 heterocycles. The first-order valence-electron chi connectivity index (χ1n) is 8.89. The van der Waals surface area contributed by atoms with Crippen molar-refractivity contribution in [1.82, 2.24) is 15.3 Å². The summed E-state index contributed by atoms with van der Waals surface area (Å²) in [4.78, 5) is 19.7. The summed E-state index contributed by atoms with van der Waals surface area (Å²) in [5, 5.41) is 2.86. The van der Waals surface area contributed by atoms with Crippen LogP contribution in [0.3, 0.4) is 0 Å². The van der Waals surface area contributed by atoms with Gasteiger partial charge in [-0.25, -0.2) is 14.4 Å². The molecule has 0 bridgehead atoms. The molecule has 1 aromatic heterocycles. The largest absolute Gasteiger partial charge is 0.460 e. The number of carbonyl (C=O) groups excluding carboxylic acids is 1. The minimum absolute atomic E-state index is 0.0627. The summed E-state index contributed by atoms with van der Waals surface area (Å²) in [6, 6.07) is 4.82. The fourth-order valence-corrected chi connectivity index (χ4v) is 3.16. The first-order valence-corrected chi connectivity index (χ1v) is 8.89. The van der Waals surface area contributed by atoms with Gasteiger partial charge in [0.1, 0.15) is 6.10 Å². The lowest BCUT2D eigenvalue weighted by Crippen LogP contribution is -2.40. The highest BCUT2D eigenvalue weighted by molar-refractivity contribution is 5.78. The van der Waals surface area contributed by atoms with Crippen LogP contribution in [0.25, 0.3) is 0 Å². The zero-order chi connectivity index (χ0) is 20.1. The van der Waals surface area contributed by atoms with Crippen molar-refractivity contribution in [2.75, 3.05) is 0 Å². The van der Waals surface area contributed by atoms with Crippen LogP contribution in [0.15, 0.2) is 36.7 Å². The van der Waals surface area contributed by atoms with Crippen LogP contribution in [0.4, 0.5) is 17.6 Å². The molecule has 2 aromatic rings. The van der Waals surface area contributed by atoms with Gasteiger partial charge < -0.3 is 10.1 Å². The van der Waals surface area contributed by atoms with Crippen molar-refractivity contribution in [3.05, 3.63) is 53.6 Å². The van der Waals surface area contributed by atoms with Gasteiger partial charge in [0, 0.05) is 6.04 Å². The average molecular weight is 397 g/mol. The minimum Gasteiger partial charge on any atom is -0.460 e. The Hall–Kier alpha value is -2.71. The van der Waals surface area contributed by atoms with E-state index in [-0.39, 0.29) is 30.5 Å². The van der Waals surface area contributed by atoms with Gasteiger partial charge in [0.15, 0.2) is 5.82 Å². The van der Waals surface area contributed by atoms with E-state index in [1.807, 2.05) is 0 Å². The maximum Gasteiger partial charge on any atom is 0.416 e. The molecule has 3 rings (SSSR count). The average Bonchev–Trinajstić information content (AvgIpc) is 2.65. The lowest BCUT2D eigenvalue weighted by Gasteiger charge is -2.28. The quantitative estimate of drug-likeness (QED) is 0.782. The van der Waals surface area contributed by atoms with Crippen LogP contribution in [-0.4, -0.2) is 28.0 Å². The highest BCUT2D eigenvalue weighted by Gasteiger charge is 2.30. The number of halogens is 4. The molecule has 1 aliphatic carbocycles. The molecular weight excluding hydrogens is 378 g/mol. The number of hydrogen-bond acceptors (Lipinski definition) is 4. The number of aromatic nitrogens is 2. The molecule has 5 nitrogen and oxygen atoms in total. The van der Waals surface area contributed by atoms with Gasteiger partial charge in [-0.05, 0) is 37.3 Å². The molecule has 1 saturated carbocycles.